The molecule has 3 unspecified atom stereocenters. The van der Waals surface area contributed by atoms with E-state index in [1.807, 2.05) is 21.1 Å². The summed E-state index contributed by atoms with van der Waals surface area (Å²) < 4.78 is 40.9. The molecule has 0 heterocycles. The van der Waals surface area contributed by atoms with E-state index in [1.54, 1.807) is 0 Å². The summed E-state index contributed by atoms with van der Waals surface area (Å²) in [6.07, 6.45) is 33.1. The Hall–Kier alpha value is -1.07. The van der Waals surface area contributed by atoms with Crippen molar-refractivity contribution in [3.8, 4) is 0 Å². The van der Waals surface area contributed by atoms with Gasteiger partial charge in [-0.2, -0.15) is 0 Å². The van der Waals surface area contributed by atoms with E-state index in [0.29, 0.717) is 23.6 Å². The van der Waals surface area contributed by atoms with E-state index < -0.39 is 34.8 Å². The highest BCUT2D eigenvalue weighted by atomic mass is 31.2. The summed E-state index contributed by atoms with van der Waals surface area (Å²) in [5, 5.41) is 0.220. The number of hydrogen-bond donors (Lipinski definition) is 0. The highest BCUT2D eigenvalue weighted by Crippen LogP contribution is 2.39. The molecule has 0 amide bonds. The minimum absolute atomic E-state index is 0.0359. The number of allylic oxidation sites excluding steroid dienone is 2. The smallest absolute Gasteiger partial charge is 0.306 e. The van der Waals surface area contributed by atoms with Crippen molar-refractivity contribution >= 4 is 28.1 Å². The second-order valence-electron chi connectivity index (χ2n) is 19.7. The highest BCUT2D eigenvalue weighted by molar-refractivity contribution is 7.45. The number of likely N-dealkylation sites (N-methyl/N-ethyl adjacent to an activating group) is 1. The standard InChI is InChI=1S/C48H96NO9PSi/c1-11-13-15-16-17-18-19-20-21-24-27-30-34-38-46(50)54-42-45(43-56-59(52,53)55-41-40-49(6,7)8)57-47(51)39-35-31-28-25-22-23-26-29-33-37-44(36-32-14-12-2)58-60(9,10)48(3,4)5/h26,29,44-45H,11-25,27-28,30-43H2,1-10H3/b29-26-. The first kappa shape index (κ1) is 58.9. The van der Waals surface area contributed by atoms with Crippen molar-refractivity contribution in [1.82, 2.24) is 0 Å². The number of esters is 2. The number of phosphoric ester groups is 1. The zero-order valence-electron chi connectivity index (χ0n) is 40.8. The van der Waals surface area contributed by atoms with Gasteiger partial charge in [-0.1, -0.05) is 162 Å². The molecule has 0 radical (unpaired) electrons. The molecule has 60 heavy (non-hydrogen) atoms. The van der Waals surface area contributed by atoms with Gasteiger partial charge in [-0.15, -0.1) is 0 Å². The number of phosphoric acid groups is 1. The first-order valence-electron chi connectivity index (χ1n) is 24.4. The van der Waals surface area contributed by atoms with E-state index in [-0.39, 0.29) is 37.1 Å². The summed E-state index contributed by atoms with van der Waals surface area (Å²) in [6.45, 7) is 15.8. The van der Waals surface area contributed by atoms with Crippen molar-refractivity contribution in [3.63, 3.8) is 0 Å². The number of carbonyl (C=O) groups excluding carboxylic acids is 2. The zero-order chi connectivity index (χ0) is 45.2. The first-order chi connectivity index (χ1) is 28.3. The SMILES string of the molecule is CCCCCCCCCCCCCCCC(=O)OCC(COP(=O)([O-])OCC[N+](C)(C)C)OC(=O)CCCCCCC/C=C\CCC(CCCCC)O[Si](C)(C)C(C)(C)C. The third-order valence-corrected chi connectivity index (χ3v) is 17.1. The molecule has 10 nitrogen and oxygen atoms in total. The molecule has 0 aromatic rings. The van der Waals surface area contributed by atoms with Crippen LogP contribution in [0.15, 0.2) is 12.2 Å². The van der Waals surface area contributed by atoms with Gasteiger partial charge in [0.2, 0.25) is 0 Å². The molecule has 12 heteroatoms. The zero-order valence-corrected chi connectivity index (χ0v) is 42.7. The minimum atomic E-state index is -4.64. The average molecular weight is 890 g/mol. The molecule has 0 aromatic heterocycles. The second-order valence-corrected chi connectivity index (χ2v) is 25.9. The molecule has 0 aliphatic heterocycles. The molecule has 0 aliphatic rings. The Morgan fingerprint density at radius 3 is 1.65 bits per heavy atom. The van der Waals surface area contributed by atoms with Gasteiger partial charge in [-0.3, -0.25) is 14.2 Å². The lowest BCUT2D eigenvalue weighted by molar-refractivity contribution is -0.870. The molecule has 0 rings (SSSR count). The maximum atomic E-state index is 12.8. The van der Waals surface area contributed by atoms with E-state index in [9.17, 15) is 19.0 Å². The van der Waals surface area contributed by atoms with Gasteiger partial charge in [-0.25, -0.2) is 0 Å². The first-order valence-corrected chi connectivity index (χ1v) is 28.8. The molecule has 0 N–H and O–H groups in total. The quantitative estimate of drug-likeness (QED) is 0.0147. The Morgan fingerprint density at radius 2 is 1.12 bits per heavy atom. The lowest BCUT2D eigenvalue weighted by atomic mass is 10.0. The van der Waals surface area contributed by atoms with Gasteiger partial charge in [-0.05, 0) is 63.1 Å². The van der Waals surface area contributed by atoms with Crippen LogP contribution < -0.4 is 4.89 Å². The molecule has 0 saturated carbocycles. The van der Waals surface area contributed by atoms with E-state index in [4.69, 9.17) is 22.9 Å². The van der Waals surface area contributed by atoms with Crippen LogP contribution in [-0.2, 0) is 37.1 Å². The van der Waals surface area contributed by atoms with E-state index in [2.05, 4.69) is 59.9 Å². The van der Waals surface area contributed by atoms with Crippen LogP contribution in [0.3, 0.4) is 0 Å². The molecule has 0 aliphatic carbocycles. The van der Waals surface area contributed by atoms with Gasteiger partial charge in [0, 0.05) is 18.9 Å². The largest absolute Gasteiger partial charge is 0.756 e. The molecule has 0 aromatic carbocycles. The van der Waals surface area contributed by atoms with E-state index in [1.165, 1.54) is 83.5 Å². The number of unbranched alkanes of at least 4 members (excludes halogenated alkanes) is 19. The van der Waals surface area contributed by atoms with Crippen LogP contribution in [0.1, 0.15) is 208 Å². The third kappa shape index (κ3) is 36.4. The molecule has 356 valence electrons. The predicted octanol–water partition coefficient (Wildman–Crippen LogP) is 13.2. The van der Waals surface area contributed by atoms with Crippen LogP contribution in [-0.4, -0.2) is 84.5 Å². The fourth-order valence-corrected chi connectivity index (χ4v) is 8.75. The van der Waals surface area contributed by atoms with Crippen LogP contribution in [0.5, 0.6) is 0 Å². The van der Waals surface area contributed by atoms with Gasteiger partial charge in [0.05, 0.1) is 27.7 Å². The van der Waals surface area contributed by atoms with Crippen LogP contribution in [0.4, 0.5) is 0 Å². The summed E-state index contributed by atoms with van der Waals surface area (Å²) in [6, 6.07) is 0. The van der Waals surface area contributed by atoms with Crippen molar-refractivity contribution in [3.05, 3.63) is 12.2 Å². The number of ether oxygens (including phenoxy) is 2. The van der Waals surface area contributed by atoms with Crippen molar-refractivity contribution in [2.24, 2.45) is 0 Å². The molecular formula is C48H96NO9PSi. The maximum absolute atomic E-state index is 12.8. The molecule has 0 spiro atoms. The van der Waals surface area contributed by atoms with Gasteiger partial charge >= 0.3 is 11.9 Å². The third-order valence-electron chi connectivity index (χ3n) is 11.6. The number of rotatable bonds is 41. The normalized spacial score (nSPS) is 14.7. The Labute approximate surface area is 371 Å². The Balaban J connectivity index is 4.60. The Kier molecular flexibility index (Phi) is 34.7. The van der Waals surface area contributed by atoms with Gasteiger partial charge in [0.15, 0.2) is 14.4 Å². The highest BCUT2D eigenvalue weighted by Gasteiger charge is 2.38. The molecular weight excluding hydrogens is 794 g/mol. The summed E-state index contributed by atoms with van der Waals surface area (Å²) >= 11 is 0. The summed E-state index contributed by atoms with van der Waals surface area (Å²) in [5.74, 6) is -0.850. The molecule has 0 bridgehead atoms. The number of hydrogen-bond acceptors (Lipinski definition) is 9. The van der Waals surface area contributed by atoms with Gasteiger partial charge < -0.3 is 32.3 Å². The van der Waals surface area contributed by atoms with Gasteiger partial charge in [0.1, 0.15) is 19.8 Å². The maximum Gasteiger partial charge on any atom is 0.306 e. The summed E-state index contributed by atoms with van der Waals surface area (Å²) in [4.78, 5) is 37.7. The minimum Gasteiger partial charge on any atom is -0.756 e. The lowest BCUT2D eigenvalue weighted by Gasteiger charge is -2.39. The number of nitrogens with zero attached hydrogens (tertiary/aromatic N) is 1. The lowest BCUT2D eigenvalue weighted by Crippen LogP contribution is -2.43. The van der Waals surface area contributed by atoms with Crippen LogP contribution in [0.2, 0.25) is 18.1 Å². The predicted molar refractivity (Wildman–Crippen MR) is 250 cm³/mol. The van der Waals surface area contributed by atoms with Gasteiger partial charge in [0.25, 0.3) is 7.82 Å². The Morgan fingerprint density at radius 1 is 0.633 bits per heavy atom. The van der Waals surface area contributed by atoms with Crippen molar-refractivity contribution in [2.45, 2.75) is 238 Å². The topological polar surface area (TPSA) is 120 Å². The fraction of sp³-hybridized carbons (Fsp3) is 0.917. The number of quaternary nitrogens is 1. The summed E-state index contributed by atoms with van der Waals surface area (Å²) in [7, 11) is -0.636. The summed E-state index contributed by atoms with van der Waals surface area (Å²) in [5.41, 5.74) is 0. The van der Waals surface area contributed by atoms with Crippen molar-refractivity contribution in [1.29, 1.82) is 0 Å². The van der Waals surface area contributed by atoms with Crippen molar-refractivity contribution < 1.29 is 46.5 Å². The Bertz CT molecular complexity index is 1140. The average Bonchev–Trinajstić information content (AvgIpc) is 3.15. The van der Waals surface area contributed by atoms with E-state index in [0.717, 1.165) is 70.6 Å². The second kappa shape index (κ2) is 35.3. The van der Waals surface area contributed by atoms with Crippen LogP contribution in [0.25, 0.3) is 0 Å². The molecule has 0 saturated heterocycles. The number of carbonyl (C=O) groups is 2. The molecule has 3 atom stereocenters. The van der Waals surface area contributed by atoms with Crippen LogP contribution >= 0.6 is 7.82 Å². The van der Waals surface area contributed by atoms with E-state index >= 15 is 0 Å². The monoisotopic (exact) mass is 890 g/mol. The van der Waals surface area contributed by atoms with Crippen LogP contribution in [0, 0.1) is 0 Å². The molecule has 0 fully saturated rings. The fourth-order valence-electron chi connectivity index (χ4n) is 6.60. The van der Waals surface area contributed by atoms with Crippen molar-refractivity contribution in [2.75, 3.05) is 47.5 Å².